The Hall–Kier alpha value is -3.18. The third-order valence-electron chi connectivity index (χ3n) is 3.99. The molecule has 7 nitrogen and oxygen atoms in total. The van der Waals surface area contributed by atoms with Crippen molar-refractivity contribution in [2.24, 2.45) is 0 Å². The maximum absolute atomic E-state index is 12.2. The number of benzene rings is 2. The number of hydrogen-bond donors (Lipinski definition) is 5. The van der Waals surface area contributed by atoms with Crippen LogP contribution in [0.4, 0.5) is 0 Å². The molecule has 0 aliphatic heterocycles. The standard InChI is InChI=1S/C21H23N3O4/c1-14(25)19(21(27)24-28)23-20(26)18-11-9-16(10-12-18)4-3-15-5-7-17(8-6-15)13-22-2/h5-12,14,19,22,25,28H,13H2,1-2H3,(H,23,26)(H,24,27)/t14-,19+/m1/s1. The van der Waals surface area contributed by atoms with Crippen LogP contribution in [0.25, 0.3) is 0 Å². The first-order chi connectivity index (χ1) is 13.4. The second-order valence-electron chi connectivity index (χ2n) is 6.22. The SMILES string of the molecule is CNCc1ccc(C#Cc2ccc(C(=O)N[C@H](C(=O)NO)[C@@H](C)O)cc2)cc1. The summed E-state index contributed by atoms with van der Waals surface area (Å²) in [6.07, 6.45) is -1.17. The Morgan fingerprint density at radius 3 is 2.00 bits per heavy atom. The number of rotatable bonds is 6. The third-order valence-corrected chi connectivity index (χ3v) is 3.99. The minimum atomic E-state index is -1.26. The third kappa shape index (κ3) is 5.93. The highest BCUT2D eigenvalue weighted by atomic mass is 16.5. The molecule has 0 fully saturated rings. The van der Waals surface area contributed by atoms with Crippen molar-refractivity contribution >= 4 is 11.8 Å². The van der Waals surface area contributed by atoms with E-state index in [1.807, 2.05) is 31.3 Å². The van der Waals surface area contributed by atoms with Crippen molar-refractivity contribution in [3.05, 3.63) is 70.8 Å². The lowest BCUT2D eigenvalue weighted by Gasteiger charge is -2.19. The molecule has 0 aliphatic carbocycles. The predicted octanol–water partition coefficient (Wildman–Crippen LogP) is 0.790. The lowest BCUT2D eigenvalue weighted by molar-refractivity contribution is -0.133. The van der Waals surface area contributed by atoms with E-state index >= 15 is 0 Å². The van der Waals surface area contributed by atoms with Crippen molar-refractivity contribution in [2.45, 2.75) is 25.6 Å². The van der Waals surface area contributed by atoms with Gasteiger partial charge in [0.05, 0.1) is 6.10 Å². The normalized spacial score (nSPS) is 12.3. The highest BCUT2D eigenvalue weighted by Gasteiger charge is 2.25. The second kappa shape index (κ2) is 10.2. The first-order valence-electron chi connectivity index (χ1n) is 8.73. The molecular weight excluding hydrogens is 358 g/mol. The van der Waals surface area contributed by atoms with Crippen LogP contribution in [0.3, 0.4) is 0 Å². The number of hydrogen-bond acceptors (Lipinski definition) is 5. The minimum Gasteiger partial charge on any atom is -0.391 e. The largest absolute Gasteiger partial charge is 0.391 e. The molecule has 2 amide bonds. The number of nitrogens with one attached hydrogen (secondary N) is 3. The fourth-order valence-electron chi connectivity index (χ4n) is 2.46. The molecule has 28 heavy (non-hydrogen) atoms. The highest BCUT2D eigenvalue weighted by molar-refractivity contribution is 5.97. The van der Waals surface area contributed by atoms with E-state index in [-0.39, 0.29) is 0 Å². The Bertz CT molecular complexity index is 865. The molecule has 0 aromatic heterocycles. The van der Waals surface area contributed by atoms with Gasteiger partial charge in [-0.25, -0.2) is 5.48 Å². The average molecular weight is 381 g/mol. The zero-order chi connectivity index (χ0) is 20.5. The van der Waals surface area contributed by atoms with Gasteiger partial charge in [0.1, 0.15) is 6.04 Å². The summed E-state index contributed by atoms with van der Waals surface area (Å²) in [6, 6.07) is 13.2. The molecular formula is C21H23N3O4. The molecule has 5 N–H and O–H groups in total. The number of hydroxylamine groups is 1. The summed E-state index contributed by atoms with van der Waals surface area (Å²) >= 11 is 0. The van der Waals surface area contributed by atoms with Crippen molar-refractivity contribution < 1.29 is 19.9 Å². The monoisotopic (exact) mass is 381 g/mol. The van der Waals surface area contributed by atoms with Gasteiger partial charge in [0, 0.05) is 23.2 Å². The van der Waals surface area contributed by atoms with Gasteiger partial charge in [0.15, 0.2) is 0 Å². The van der Waals surface area contributed by atoms with E-state index in [4.69, 9.17) is 5.21 Å². The van der Waals surface area contributed by atoms with Crippen LogP contribution in [0.15, 0.2) is 48.5 Å². The van der Waals surface area contributed by atoms with Crippen molar-refractivity contribution in [1.29, 1.82) is 0 Å². The summed E-state index contributed by atoms with van der Waals surface area (Å²) in [6.45, 7) is 2.14. The van der Waals surface area contributed by atoms with Crippen LogP contribution in [-0.2, 0) is 11.3 Å². The van der Waals surface area contributed by atoms with E-state index in [9.17, 15) is 14.7 Å². The zero-order valence-corrected chi connectivity index (χ0v) is 15.7. The van der Waals surface area contributed by atoms with Crippen LogP contribution in [0, 0.1) is 11.8 Å². The molecule has 0 aliphatic rings. The van der Waals surface area contributed by atoms with Gasteiger partial charge in [-0.1, -0.05) is 24.0 Å². The molecule has 0 heterocycles. The van der Waals surface area contributed by atoms with Gasteiger partial charge in [0.2, 0.25) is 0 Å². The van der Waals surface area contributed by atoms with Crippen molar-refractivity contribution in [3.63, 3.8) is 0 Å². The maximum atomic E-state index is 12.2. The molecule has 146 valence electrons. The molecule has 0 radical (unpaired) electrons. The summed E-state index contributed by atoms with van der Waals surface area (Å²) in [4.78, 5) is 23.7. The topological polar surface area (TPSA) is 111 Å². The van der Waals surface area contributed by atoms with Crippen LogP contribution in [-0.4, -0.2) is 41.3 Å². The van der Waals surface area contributed by atoms with Crippen molar-refractivity contribution in [1.82, 2.24) is 16.1 Å². The van der Waals surface area contributed by atoms with Crippen molar-refractivity contribution in [3.8, 4) is 11.8 Å². The van der Waals surface area contributed by atoms with Gasteiger partial charge < -0.3 is 15.7 Å². The van der Waals surface area contributed by atoms with Gasteiger partial charge in [0.25, 0.3) is 11.8 Å². The Balaban J connectivity index is 2.05. The molecule has 2 atom stereocenters. The quantitative estimate of drug-likeness (QED) is 0.289. The maximum Gasteiger partial charge on any atom is 0.268 e. The van der Waals surface area contributed by atoms with Gasteiger partial charge in [-0.15, -0.1) is 0 Å². The predicted molar refractivity (Wildman–Crippen MR) is 104 cm³/mol. The average Bonchev–Trinajstić information content (AvgIpc) is 2.71. The first-order valence-corrected chi connectivity index (χ1v) is 8.73. The van der Waals surface area contributed by atoms with Gasteiger partial charge in [-0.3, -0.25) is 14.8 Å². The summed E-state index contributed by atoms with van der Waals surface area (Å²) < 4.78 is 0. The van der Waals surface area contributed by atoms with Crippen LogP contribution in [0.5, 0.6) is 0 Å². The smallest absolute Gasteiger partial charge is 0.268 e. The molecule has 7 heteroatoms. The summed E-state index contributed by atoms with van der Waals surface area (Å²) in [5.74, 6) is 4.65. The van der Waals surface area contributed by atoms with Gasteiger partial charge in [-0.05, 0) is 55.9 Å². The summed E-state index contributed by atoms with van der Waals surface area (Å²) in [5.41, 5.74) is 4.52. The zero-order valence-electron chi connectivity index (χ0n) is 15.7. The van der Waals surface area contributed by atoms with Crippen LogP contribution < -0.4 is 16.1 Å². The fraction of sp³-hybridized carbons (Fsp3) is 0.238. The number of amides is 2. The van der Waals surface area contributed by atoms with Gasteiger partial charge >= 0.3 is 0 Å². The summed E-state index contributed by atoms with van der Waals surface area (Å²) in [7, 11) is 1.89. The van der Waals surface area contributed by atoms with E-state index in [1.54, 1.807) is 24.3 Å². The minimum absolute atomic E-state index is 0.304. The lowest BCUT2D eigenvalue weighted by atomic mass is 10.1. The lowest BCUT2D eigenvalue weighted by Crippen LogP contribution is -2.51. The molecule has 2 aromatic carbocycles. The van der Waals surface area contributed by atoms with Crippen LogP contribution >= 0.6 is 0 Å². The Labute approximate surface area is 163 Å². The van der Waals surface area contributed by atoms with E-state index in [1.165, 1.54) is 18.0 Å². The molecule has 0 bridgehead atoms. The van der Waals surface area contributed by atoms with Crippen molar-refractivity contribution in [2.75, 3.05) is 7.05 Å². The molecule has 0 saturated heterocycles. The Kier molecular flexibility index (Phi) is 7.72. The highest BCUT2D eigenvalue weighted by Crippen LogP contribution is 2.07. The number of aliphatic hydroxyl groups is 1. The Morgan fingerprint density at radius 2 is 1.54 bits per heavy atom. The number of carbonyl (C=O) groups excluding carboxylic acids is 2. The number of carbonyl (C=O) groups is 2. The Morgan fingerprint density at radius 1 is 1.00 bits per heavy atom. The molecule has 2 aromatic rings. The molecule has 0 saturated carbocycles. The van der Waals surface area contributed by atoms with Gasteiger partial charge in [-0.2, -0.15) is 0 Å². The first kappa shape index (κ1) is 21.1. The second-order valence-corrected chi connectivity index (χ2v) is 6.22. The molecule has 0 unspecified atom stereocenters. The summed E-state index contributed by atoms with van der Waals surface area (Å²) in [5, 5.41) is 23.7. The molecule has 0 spiro atoms. The van der Waals surface area contributed by atoms with E-state index in [0.29, 0.717) is 5.56 Å². The van der Waals surface area contributed by atoms with Crippen LogP contribution in [0.1, 0.15) is 34.0 Å². The van der Waals surface area contributed by atoms with E-state index in [0.717, 1.165) is 17.7 Å². The molecule has 2 rings (SSSR count). The van der Waals surface area contributed by atoms with E-state index < -0.39 is 24.0 Å². The fourth-order valence-corrected chi connectivity index (χ4v) is 2.46. The van der Waals surface area contributed by atoms with Crippen LogP contribution in [0.2, 0.25) is 0 Å². The van der Waals surface area contributed by atoms with E-state index in [2.05, 4.69) is 22.5 Å². The number of aliphatic hydroxyl groups excluding tert-OH is 1.